The second kappa shape index (κ2) is 10.4. The number of nitrogens with one attached hydrogen (secondary N) is 2. The van der Waals surface area contributed by atoms with Crippen molar-refractivity contribution in [2.24, 2.45) is 0 Å². The molecule has 3 aromatic carbocycles. The molecule has 0 unspecified atom stereocenters. The van der Waals surface area contributed by atoms with Crippen LogP contribution in [0.5, 0.6) is 11.5 Å². The van der Waals surface area contributed by atoms with Gasteiger partial charge in [-0.05, 0) is 89.3 Å². The van der Waals surface area contributed by atoms with Gasteiger partial charge in [0.1, 0.15) is 0 Å². The minimum absolute atomic E-state index is 0.122. The Hall–Kier alpha value is -2.99. The molecule has 2 N–H and O–H groups in total. The predicted molar refractivity (Wildman–Crippen MR) is 129 cm³/mol. The van der Waals surface area contributed by atoms with Crippen molar-refractivity contribution in [2.75, 3.05) is 24.4 Å². The molecule has 0 fully saturated rings. The van der Waals surface area contributed by atoms with Gasteiger partial charge in [0.25, 0.3) is 5.91 Å². The zero-order valence-electron chi connectivity index (χ0n) is 18.2. The zero-order chi connectivity index (χ0) is 22.4. The van der Waals surface area contributed by atoms with Gasteiger partial charge in [-0.25, -0.2) is 0 Å². The summed E-state index contributed by atoms with van der Waals surface area (Å²) in [6.45, 7) is 6.69. The Morgan fingerprint density at radius 1 is 1.03 bits per heavy atom. The number of halogens is 1. The first-order valence-electron chi connectivity index (χ1n) is 10.0. The molecule has 3 rings (SSSR count). The summed E-state index contributed by atoms with van der Waals surface area (Å²) in [6.07, 6.45) is 0. The van der Waals surface area contributed by atoms with Crippen LogP contribution < -0.4 is 20.1 Å². The maximum absolute atomic E-state index is 12.3. The Morgan fingerprint density at radius 3 is 2.55 bits per heavy atom. The Labute approximate surface area is 191 Å². The Kier molecular flexibility index (Phi) is 7.58. The lowest BCUT2D eigenvalue weighted by atomic mass is 10.1. The molecule has 3 aromatic rings. The van der Waals surface area contributed by atoms with Gasteiger partial charge in [0.15, 0.2) is 18.1 Å². The average Bonchev–Trinajstić information content (AvgIpc) is 2.73. The molecule has 0 heterocycles. The van der Waals surface area contributed by atoms with Crippen LogP contribution in [0.2, 0.25) is 0 Å². The molecule has 0 aromatic heterocycles. The first kappa shape index (κ1) is 22.7. The van der Waals surface area contributed by atoms with Crippen molar-refractivity contribution in [3.05, 3.63) is 81.3 Å². The van der Waals surface area contributed by atoms with Gasteiger partial charge in [0.2, 0.25) is 0 Å². The summed E-state index contributed by atoms with van der Waals surface area (Å²) in [5.74, 6) is 0.827. The summed E-state index contributed by atoms with van der Waals surface area (Å²) >= 11 is 3.55. The minimum Gasteiger partial charge on any atom is -0.493 e. The number of carbonyl (C=O) groups excluding carboxylic acids is 1. The van der Waals surface area contributed by atoms with Crippen LogP contribution in [0.15, 0.2) is 59.1 Å². The van der Waals surface area contributed by atoms with Crippen LogP contribution in [0.1, 0.15) is 22.3 Å². The number of hydrogen-bond acceptors (Lipinski definition) is 4. The Balaban J connectivity index is 1.66. The lowest BCUT2D eigenvalue weighted by molar-refractivity contribution is -0.118. The third-order valence-corrected chi connectivity index (χ3v) is 5.62. The van der Waals surface area contributed by atoms with Crippen molar-refractivity contribution in [2.45, 2.75) is 27.3 Å². The van der Waals surface area contributed by atoms with Crippen molar-refractivity contribution in [3.63, 3.8) is 0 Å². The number of rotatable bonds is 8. The maximum atomic E-state index is 12.3. The van der Waals surface area contributed by atoms with Crippen molar-refractivity contribution < 1.29 is 14.3 Å². The highest BCUT2D eigenvalue weighted by atomic mass is 79.9. The summed E-state index contributed by atoms with van der Waals surface area (Å²) in [7, 11) is 1.59. The van der Waals surface area contributed by atoms with Crippen molar-refractivity contribution in [1.29, 1.82) is 0 Å². The van der Waals surface area contributed by atoms with Gasteiger partial charge in [-0.1, -0.05) is 24.3 Å². The highest BCUT2D eigenvalue weighted by Gasteiger charge is 2.14. The van der Waals surface area contributed by atoms with E-state index in [0.717, 1.165) is 27.0 Å². The van der Waals surface area contributed by atoms with E-state index in [1.807, 2.05) is 49.4 Å². The van der Waals surface area contributed by atoms with Gasteiger partial charge in [-0.3, -0.25) is 4.79 Å². The molecule has 0 radical (unpaired) electrons. The highest BCUT2D eigenvalue weighted by molar-refractivity contribution is 9.10. The number of hydrogen-bond donors (Lipinski definition) is 2. The van der Waals surface area contributed by atoms with Crippen LogP contribution in [-0.2, 0) is 11.3 Å². The summed E-state index contributed by atoms with van der Waals surface area (Å²) < 4.78 is 12.0. The van der Waals surface area contributed by atoms with Crippen LogP contribution in [-0.4, -0.2) is 19.6 Å². The number of ether oxygens (including phenoxy) is 2. The van der Waals surface area contributed by atoms with E-state index in [2.05, 4.69) is 52.5 Å². The molecule has 0 saturated carbocycles. The molecule has 0 atom stereocenters. The number of anilines is 2. The Bertz CT molecular complexity index is 1080. The fourth-order valence-electron chi connectivity index (χ4n) is 3.21. The molecular formula is C25H27BrN2O3. The fourth-order valence-corrected chi connectivity index (χ4v) is 3.82. The van der Waals surface area contributed by atoms with Crippen LogP contribution >= 0.6 is 15.9 Å². The summed E-state index contributed by atoms with van der Waals surface area (Å²) in [5, 5.41) is 6.31. The summed E-state index contributed by atoms with van der Waals surface area (Å²) in [5.41, 5.74) is 6.43. The molecule has 0 spiro atoms. The molecule has 162 valence electrons. The molecule has 5 nitrogen and oxygen atoms in total. The monoisotopic (exact) mass is 482 g/mol. The fraction of sp³-hybridized carbons (Fsp3) is 0.240. The van der Waals surface area contributed by atoms with E-state index < -0.39 is 0 Å². The average molecular weight is 483 g/mol. The van der Waals surface area contributed by atoms with Crippen LogP contribution in [0, 0.1) is 20.8 Å². The van der Waals surface area contributed by atoms with E-state index in [9.17, 15) is 4.79 Å². The molecule has 0 saturated heterocycles. The molecule has 0 aliphatic heterocycles. The van der Waals surface area contributed by atoms with Gasteiger partial charge >= 0.3 is 0 Å². The van der Waals surface area contributed by atoms with Gasteiger partial charge in [0, 0.05) is 17.9 Å². The molecular weight excluding hydrogens is 456 g/mol. The second-order valence-electron chi connectivity index (χ2n) is 7.42. The zero-order valence-corrected chi connectivity index (χ0v) is 19.8. The summed E-state index contributed by atoms with van der Waals surface area (Å²) in [4.78, 5) is 12.3. The van der Waals surface area contributed by atoms with E-state index in [-0.39, 0.29) is 12.5 Å². The quantitative estimate of drug-likeness (QED) is 0.412. The van der Waals surface area contributed by atoms with Crippen molar-refractivity contribution in [1.82, 2.24) is 0 Å². The van der Waals surface area contributed by atoms with E-state index >= 15 is 0 Å². The lowest BCUT2D eigenvalue weighted by Crippen LogP contribution is -2.20. The standard InChI is InChI=1S/C25H27BrN2O3/c1-16-7-5-9-20(11-16)28-24(29)15-31-25-21(26)12-19(13-23(25)30-4)14-27-22-10-6-8-17(2)18(22)3/h5-13,27H,14-15H2,1-4H3,(H,28,29). The SMILES string of the molecule is COc1cc(CNc2cccc(C)c2C)cc(Br)c1OCC(=O)Nc1cccc(C)c1. The molecule has 0 aliphatic carbocycles. The van der Waals surface area contributed by atoms with Crippen LogP contribution in [0.4, 0.5) is 11.4 Å². The number of benzene rings is 3. The third kappa shape index (κ3) is 6.01. The van der Waals surface area contributed by atoms with E-state index in [4.69, 9.17) is 9.47 Å². The first-order chi connectivity index (χ1) is 14.9. The van der Waals surface area contributed by atoms with Gasteiger partial charge in [0.05, 0.1) is 11.6 Å². The number of amides is 1. The largest absolute Gasteiger partial charge is 0.493 e. The number of methoxy groups -OCH3 is 1. The molecule has 6 heteroatoms. The summed E-state index contributed by atoms with van der Waals surface area (Å²) in [6, 6.07) is 17.7. The highest BCUT2D eigenvalue weighted by Crippen LogP contribution is 2.37. The van der Waals surface area contributed by atoms with Gasteiger partial charge in [-0.15, -0.1) is 0 Å². The third-order valence-electron chi connectivity index (χ3n) is 5.03. The van der Waals surface area contributed by atoms with Gasteiger partial charge < -0.3 is 20.1 Å². The first-order valence-corrected chi connectivity index (χ1v) is 10.8. The Morgan fingerprint density at radius 2 is 1.81 bits per heavy atom. The topological polar surface area (TPSA) is 59.6 Å². The molecule has 0 aliphatic rings. The maximum Gasteiger partial charge on any atom is 0.262 e. The lowest BCUT2D eigenvalue weighted by Gasteiger charge is -2.16. The van der Waals surface area contributed by atoms with Crippen molar-refractivity contribution >= 4 is 33.2 Å². The van der Waals surface area contributed by atoms with E-state index in [0.29, 0.717) is 18.0 Å². The van der Waals surface area contributed by atoms with Crippen molar-refractivity contribution in [3.8, 4) is 11.5 Å². The molecule has 1 amide bonds. The number of aryl methyl sites for hydroxylation is 2. The number of carbonyl (C=O) groups is 1. The van der Waals surface area contributed by atoms with Gasteiger partial charge in [-0.2, -0.15) is 0 Å². The molecule has 31 heavy (non-hydrogen) atoms. The minimum atomic E-state index is -0.236. The smallest absolute Gasteiger partial charge is 0.262 e. The van der Waals surface area contributed by atoms with Crippen LogP contribution in [0.25, 0.3) is 0 Å². The molecule has 0 bridgehead atoms. The van der Waals surface area contributed by atoms with Crippen LogP contribution in [0.3, 0.4) is 0 Å². The van der Waals surface area contributed by atoms with E-state index in [1.165, 1.54) is 11.1 Å². The second-order valence-corrected chi connectivity index (χ2v) is 8.27. The predicted octanol–water partition coefficient (Wildman–Crippen LogP) is 6.01. The normalized spacial score (nSPS) is 10.5. The van der Waals surface area contributed by atoms with E-state index in [1.54, 1.807) is 7.11 Å².